The fraction of sp³-hybridized carbons (Fsp3) is 0.500. The predicted molar refractivity (Wildman–Crippen MR) is 112 cm³/mol. The van der Waals surface area contributed by atoms with Crippen molar-refractivity contribution in [3.05, 3.63) is 27.4 Å². The maximum absolute atomic E-state index is 13.0. The van der Waals surface area contributed by atoms with Crippen molar-refractivity contribution in [1.82, 2.24) is 14.8 Å². The number of hydrogen-bond donors (Lipinski definition) is 0. The standard InChI is InChI=1S/C16H19IN4O3S2/c1-8-10(5-17)6-26-16-13(15(23)21(8)16)20(3)14(22)12(19-24-4)11-7-25-9(2)18-11/h7,13,16H,5-6H2,1-4H3/b19-12-. The van der Waals surface area contributed by atoms with Crippen molar-refractivity contribution in [3.63, 3.8) is 0 Å². The Morgan fingerprint density at radius 3 is 2.85 bits per heavy atom. The molecule has 0 aromatic carbocycles. The Morgan fingerprint density at radius 2 is 2.27 bits per heavy atom. The van der Waals surface area contributed by atoms with Gasteiger partial charge in [0.1, 0.15) is 24.2 Å². The number of oxime groups is 1. The van der Waals surface area contributed by atoms with Gasteiger partial charge in [0.25, 0.3) is 11.8 Å². The van der Waals surface area contributed by atoms with E-state index in [0.29, 0.717) is 5.69 Å². The van der Waals surface area contributed by atoms with Gasteiger partial charge >= 0.3 is 0 Å². The van der Waals surface area contributed by atoms with Crippen molar-refractivity contribution in [2.24, 2.45) is 5.16 Å². The molecule has 0 radical (unpaired) electrons. The minimum absolute atomic E-state index is 0.0517. The molecule has 1 fully saturated rings. The summed E-state index contributed by atoms with van der Waals surface area (Å²) in [5.41, 5.74) is 2.87. The smallest absolute Gasteiger partial charge is 0.278 e. The quantitative estimate of drug-likeness (QED) is 0.202. The molecule has 3 rings (SSSR count). The zero-order chi connectivity index (χ0) is 19.0. The Kier molecular flexibility index (Phi) is 5.92. The summed E-state index contributed by atoms with van der Waals surface area (Å²) in [6.07, 6.45) is 0. The van der Waals surface area contributed by atoms with Gasteiger partial charge in [0.05, 0.1) is 5.01 Å². The van der Waals surface area contributed by atoms with Crippen LogP contribution in [0.15, 0.2) is 21.8 Å². The number of thiazole rings is 1. The summed E-state index contributed by atoms with van der Waals surface area (Å²) < 4.78 is 0.903. The van der Waals surface area contributed by atoms with Crippen LogP contribution in [-0.4, -0.2) is 68.1 Å². The molecule has 0 saturated carbocycles. The molecule has 10 heteroatoms. The van der Waals surface area contributed by atoms with Gasteiger partial charge in [-0.3, -0.25) is 14.5 Å². The number of nitrogens with zero attached hydrogens (tertiary/aromatic N) is 4. The number of thioether (sulfide) groups is 1. The van der Waals surface area contributed by atoms with Crippen molar-refractivity contribution in [3.8, 4) is 0 Å². The second kappa shape index (κ2) is 7.85. The first-order valence-corrected chi connectivity index (χ1v) is 11.4. The van der Waals surface area contributed by atoms with E-state index in [-0.39, 0.29) is 22.9 Å². The number of carbonyl (C=O) groups is 2. The zero-order valence-electron chi connectivity index (χ0n) is 14.9. The van der Waals surface area contributed by atoms with Crippen molar-refractivity contribution in [2.45, 2.75) is 25.3 Å². The number of hydrogen-bond acceptors (Lipinski definition) is 7. The fourth-order valence-corrected chi connectivity index (χ4v) is 6.34. The highest BCUT2D eigenvalue weighted by atomic mass is 127. The van der Waals surface area contributed by atoms with E-state index in [1.165, 1.54) is 28.9 Å². The van der Waals surface area contributed by atoms with Gasteiger partial charge in [-0.15, -0.1) is 23.1 Å². The summed E-state index contributed by atoms with van der Waals surface area (Å²) >= 11 is 5.45. The normalized spacial score (nSPS) is 22.9. The molecule has 1 aromatic heterocycles. The van der Waals surface area contributed by atoms with E-state index in [4.69, 9.17) is 4.84 Å². The van der Waals surface area contributed by atoms with Gasteiger partial charge in [0.15, 0.2) is 5.71 Å². The molecule has 0 spiro atoms. The molecule has 2 aliphatic heterocycles. The first kappa shape index (κ1) is 19.6. The molecular formula is C16H19IN4O3S2. The Hall–Kier alpha value is -1.14. The fourth-order valence-electron chi connectivity index (χ4n) is 2.98. The van der Waals surface area contributed by atoms with E-state index in [1.807, 2.05) is 13.8 Å². The number of allylic oxidation sites excluding steroid dienone is 1. The number of aryl methyl sites for hydroxylation is 1. The van der Waals surface area contributed by atoms with Gasteiger partial charge in [-0.05, 0) is 19.4 Å². The van der Waals surface area contributed by atoms with Crippen molar-refractivity contribution in [1.29, 1.82) is 0 Å². The van der Waals surface area contributed by atoms with Crippen LogP contribution in [0.1, 0.15) is 17.6 Å². The van der Waals surface area contributed by atoms with Crippen LogP contribution in [0.3, 0.4) is 0 Å². The molecule has 0 aliphatic carbocycles. The topological polar surface area (TPSA) is 75.1 Å². The largest absolute Gasteiger partial charge is 0.398 e. The van der Waals surface area contributed by atoms with Crippen LogP contribution in [0.25, 0.3) is 0 Å². The molecule has 0 N–H and O–H groups in total. The third-order valence-electron chi connectivity index (χ3n) is 4.46. The minimum Gasteiger partial charge on any atom is -0.398 e. The average molecular weight is 506 g/mol. The molecule has 140 valence electrons. The number of fused-ring (bicyclic) bond motifs is 1. The van der Waals surface area contributed by atoms with Crippen LogP contribution in [0.2, 0.25) is 0 Å². The number of likely N-dealkylation sites (N-methyl/N-ethyl adjacent to an activating group) is 1. The number of β-lactam (4-membered cyclic amide) rings is 1. The number of aromatic nitrogens is 1. The maximum atomic E-state index is 13.0. The third-order valence-corrected chi connectivity index (χ3v) is 7.48. The van der Waals surface area contributed by atoms with Gasteiger partial charge in [0, 0.05) is 28.3 Å². The van der Waals surface area contributed by atoms with Crippen molar-refractivity contribution < 1.29 is 14.4 Å². The Balaban J connectivity index is 1.82. The Morgan fingerprint density at radius 1 is 1.54 bits per heavy atom. The third kappa shape index (κ3) is 3.26. The van der Waals surface area contributed by atoms with Crippen LogP contribution in [0, 0.1) is 6.92 Å². The molecule has 3 heterocycles. The lowest BCUT2D eigenvalue weighted by atomic mass is 10.0. The summed E-state index contributed by atoms with van der Waals surface area (Å²) in [6.45, 7) is 3.84. The summed E-state index contributed by atoms with van der Waals surface area (Å²) in [5.74, 6) is 0.465. The van der Waals surface area contributed by atoms with E-state index in [1.54, 1.807) is 29.1 Å². The maximum Gasteiger partial charge on any atom is 0.278 e. The van der Waals surface area contributed by atoms with E-state index in [9.17, 15) is 9.59 Å². The summed E-state index contributed by atoms with van der Waals surface area (Å²) in [4.78, 5) is 38.2. The average Bonchev–Trinajstić information content (AvgIpc) is 3.04. The minimum atomic E-state index is -0.500. The van der Waals surface area contributed by atoms with Gasteiger partial charge < -0.3 is 9.74 Å². The molecular weight excluding hydrogens is 487 g/mol. The lowest BCUT2D eigenvalue weighted by Crippen LogP contribution is -2.70. The van der Waals surface area contributed by atoms with Gasteiger partial charge in [-0.1, -0.05) is 27.7 Å². The van der Waals surface area contributed by atoms with E-state index >= 15 is 0 Å². The van der Waals surface area contributed by atoms with Crippen LogP contribution in [0.4, 0.5) is 0 Å². The predicted octanol–water partition coefficient (Wildman–Crippen LogP) is 2.25. The van der Waals surface area contributed by atoms with Crippen molar-refractivity contribution >= 4 is 63.2 Å². The highest BCUT2D eigenvalue weighted by molar-refractivity contribution is 14.1. The molecule has 7 nitrogen and oxygen atoms in total. The molecule has 2 amide bonds. The Labute approximate surface area is 174 Å². The molecule has 2 atom stereocenters. The number of alkyl halides is 1. The van der Waals surface area contributed by atoms with E-state index in [0.717, 1.165) is 20.9 Å². The van der Waals surface area contributed by atoms with Crippen LogP contribution >= 0.6 is 45.7 Å². The molecule has 26 heavy (non-hydrogen) atoms. The molecule has 0 bridgehead atoms. The highest BCUT2D eigenvalue weighted by Gasteiger charge is 2.54. The van der Waals surface area contributed by atoms with Gasteiger partial charge in [-0.25, -0.2) is 4.98 Å². The van der Waals surface area contributed by atoms with E-state index in [2.05, 4.69) is 32.7 Å². The molecule has 1 saturated heterocycles. The SMILES string of the molecule is CO/N=C(\C(=O)N(C)C1C(=O)N2C(C)=C(CI)CSC12)c1csc(C)n1. The second-order valence-corrected chi connectivity index (χ2v) is 8.90. The van der Waals surface area contributed by atoms with Crippen molar-refractivity contribution in [2.75, 3.05) is 24.3 Å². The highest BCUT2D eigenvalue weighted by Crippen LogP contribution is 2.42. The van der Waals surface area contributed by atoms with Gasteiger partial charge in [-0.2, -0.15) is 0 Å². The van der Waals surface area contributed by atoms with Gasteiger partial charge in [0.2, 0.25) is 0 Å². The molecule has 1 aromatic rings. The lowest BCUT2D eigenvalue weighted by Gasteiger charge is -2.52. The zero-order valence-corrected chi connectivity index (χ0v) is 18.6. The van der Waals surface area contributed by atoms with E-state index < -0.39 is 6.04 Å². The van der Waals surface area contributed by atoms with Crippen LogP contribution in [0.5, 0.6) is 0 Å². The first-order chi connectivity index (χ1) is 12.4. The number of rotatable bonds is 5. The van der Waals surface area contributed by atoms with Crippen LogP contribution < -0.4 is 0 Å². The lowest BCUT2D eigenvalue weighted by molar-refractivity contribution is -0.153. The Bertz CT molecular complexity index is 807. The summed E-state index contributed by atoms with van der Waals surface area (Å²) in [6, 6.07) is -0.500. The summed E-state index contributed by atoms with van der Waals surface area (Å²) in [7, 11) is 3.03. The first-order valence-electron chi connectivity index (χ1n) is 7.90. The second-order valence-electron chi connectivity index (χ2n) is 5.97. The molecule has 2 unspecified atom stereocenters. The number of halogens is 1. The molecule has 2 aliphatic rings. The summed E-state index contributed by atoms with van der Waals surface area (Å²) in [5, 5.41) is 6.41. The van der Waals surface area contributed by atoms with Crippen LogP contribution in [-0.2, 0) is 14.4 Å². The number of amides is 2. The number of carbonyl (C=O) groups excluding carboxylic acids is 2. The monoisotopic (exact) mass is 506 g/mol.